The quantitative estimate of drug-likeness (QED) is 0.562. The Bertz CT molecular complexity index is 582. The SMILES string of the molecule is CCc1cccnc1CNC(=O)c1ccc(NN)nc1. The normalized spacial score (nSPS) is 10.1. The number of anilines is 1. The first-order valence-electron chi connectivity index (χ1n) is 6.38. The van der Waals surface area contributed by atoms with Gasteiger partial charge in [0.2, 0.25) is 0 Å². The maximum absolute atomic E-state index is 12.0. The molecule has 0 spiro atoms. The van der Waals surface area contributed by atoms with Crippen LogP contribution in [0.1, 0.15) is 28.5 Å². The number of pyridine rings is 2. The summed E-state index contributed by atoms with van der Waals surface area (Å²) >= 11 is 0. The standard InChI is InChI=1S/C14H17N5O/c1-2-10-4-3-7-16-12(10)9-18-14(20)11-5-6-13(19-15)17-8-11/h3-8H,2,9,15H2,1H3,(H,17,19)(H,18,20). The third kappa shape index (κ3) is 3.30. The number of aromatic nitrogens is 2. The zero-order chi connectivity index (χ0) is 14.4. The Morgan fingerprint density at radius 2 is 2.15 bits per heavy atom. The number of rotatable bonds is 5. The van der Waals surface area contributed by atoms with Gasteiger partial charge in [-0.1, -0.05) is 13.0 Å². The molecule has 2 aromatic rings. The lowest BCUT2D eigenvalue weighted by Gasteiger charge is -2.08. The number of amides is 1. The molecule has 0 saturated carbocycles. The van der Waals surface area contributed by atoms with Crippen LogP contribution in [0.3, 0.4) is 0 Å². The van der Waals surface area contributed by atoms with Crippen LogP contribution in [0, 0.1) is 0 Å². The van der Waals surface area contributed by atoms with Crippen molar-refractivity contribution in [3.05, 3.63) is 53.5 Å². The van der Waals surface area contributed by atoms with Crippen LogP contribution in [-0.4, -0.2) is 15.9 Å². The Kier molecular flexibility index (Phi) is 4.62. The molecule has 0 saturated heterocycles. The largest absolute Gasteiger partial charge is 0.346 e. The van der Waals surface area contributed by atoms with E-state index in [0.29, 0.717) is 17.9 Å². The van der Waals surface area contributed by atoms with Crippen molar-refractivity contribution in [2.75, 3.05) is 5.43 Å². The van der Waals surface area contributed by atoms with Crippen molar-refractivity contribution in [2.24, 2.45) is 5.84 Å². The molecule has 0 radical (unpaired) electrons. The number of carbonyl (C=O) groups excluding carboxylic acids is 1. The van der Waals surface area contributed by atoms with Gasteiger partial charge in [0.15, 0.2) is 0 Å². The summed E-state index contributed by atoms with van der Waals surface area (Å²) in [6.07, 6.45) is 4.09. The van der Waals surface area contributed by atoms with E-state index in [1.807, 2.05) is 12.1 Å². The van der Waals surface area contributed by atoms with Crippen molar-refractivity contribution < 1.29 is 4.79 Å². The maximum atomic E-state index is 12.0. The van der Waals surface area contributed by atoms with E-state index in [4.69, 9.17) is 5.84 Å². The first-order valence-corrected chi connectivity index (χ1v) is 6.38. The Morgan fingerprint density at radius 3 is 2.80 bits per heavy atom. The van der Waals surface area contributed by atoms with Gasteiger partial charge in [-0.3, -0.25) is 9.78 Å². The molecule has 4 N–H and O–H groups in total. The monoisotopic (exact) mass is 271 g/mol. The van der Waals surface area contributed by atoms with E-state index in [1.165, 1.54) is 6.20 Å². The molecule has 6 nitrogen and oxygen atoms in total. The number of hydrogen-bond donors (Lipinski definition) is 3. The number of hydrazine groups is 1. The molecule has 2 heterocycles. The third-order valence-corrected chi connectivity index (χ3v) is 2.96. The zero-order valence-corrected chi connectivity index (χ0v) is 11.3. The molecule has 20 heavy (non-hydrogen) atoms. The van der Waals surface area contributed by atoms with Crippen LogP contribution >= 0.6 is 0 Å². The van der Waals surface area contributed by atoms with Gasteiger partial charge < -0.3 is 10.7 Å². The molecule has 1 amide bonds. The first kappa shape index (κ1) is 14.0. The average molecular weight is 271 g/mol. The van der Waals surface area contributed by atoms with Crippen molar-refractivity contribution >= 4 is 11.7 Å². The highest BCUT2D eigenvalue weighted by Gasteiger charge is 2.07. The van der Waals surface area contributed by atoms with Crippen LogP contribution in [0.2, 0.25) is 0 Å². The number of nitrogens with one attached hydrogen (secondary N) is 2. The summed E-state index contributed by atoms with van der Waals surface area (Å²) in [6.45, 7) is 2.46. The van der Waals surface area contributed by atoms with Gasteiger partial charge in [0.25, 0.3) is 5.91 Å². The fourth-order valence-electron chi connectivity index (χ4n) is 1.83. The number of nitrogens with zero attached hydrogens (tertiary/aromatic N) is 2. The summed E-state index contributed by atoms with van der Waals surface area (Å²) in [5.41, 5.74) is 4.92. The predicted octanol–water partition coefficient (Wildman–Crippen LogP) is 1.25. The van der Waals surface area contributed by atoms with Crippen molar-refractivity contribution in [3.63, 3.8) is 0 Å². The predicted molar refractivity (Wildman–Crippen MR) is 76.8 cm³/mol. The molecule has 0 aliphatic carbocycles. The van der Waals surface area contributed by atoms with Crippen molar-refractivity contribution in [1.29, 1.82) is 0 Å². The van der Waals surface area contributed by atoms with Crippen LogP contribution in [0.25, 0.3) is 0 Å². The van der Waals surface area contributed by atoms with Gasteiger partial charge in [-0.2, -0.15) is 0 Å². The highest BCUT2D eigenvalue weighted by atomic mass is 16.1. The molecule has 2 aromatic heterocycles. The third-order valence-electron chi connectivity index (χ3n) is 2.96. The summed E-state index contributed by atoms with van der Waals surface area (Å²) in [7, 11) is 0. The molecule has 0 atom stereocenters. The topological polar surface area (TPSA) is 92.9 Å². The number of hydrogen-bond acceptors (Lipinski definition) is 5. The van der Waals surface area contributed by atoms with Gasteiger partial charge >= 0.3 is 0 Å². The molecule has 0 aliphatic rings. The fourth-order valence-corrected chi connectivity index (χ4v) is 1.83. The van der Waals surface area contributed by atoms with Crippen LogP contribution in [-0.2, 0) is 13.0 Å². The number of aryl methyl sites for hydroxylation is 1. The van der Waals surface area contributed by atoms with Crippen LogP contribution in [0.4, 0.5) is 5.82 Å². The van der Waals surface area contributed by atoms with Crippen molar-refractivity contribution in [1.82, 2.24) is 15.3 Å². The van der Waals surface area contributed by atoms with Gasteiger partial charge in [-0.25, -0.2) is 10.8 Å². The highest BCUT2D eigenvalue weighted by molar-refractivity contribution is 5.93. The Hall–Kier alpha value is -2.47. The second-order valence-corrected chi connectivity index (χ2v) is 4.22. The molecule has 6 heteroatoms. The molecular formula is C14H17N5O. The lowest BCUT2D eigenvalue weighted by Crippen LogP contribution is -2.24. The molecule has 2 rings (SSSR count). The lowest BCUT2D eigenvalue weighted by molar-refractivity contribution is 0.0950. The van der Waals surface area contributed by atoms with E-state index < -0.39 is 0 Å². The van der Waals surface area contributed by atoms with Crippen LogP contribution in [0.5, 0.6) is 0 Å². The van der Waals surface area contributed by atoms with E-state index in [1.54, 1.807) is 18.3 Å². The zero-order valence-electron chi connectivity index (χ0n) is 11.3. The molecule has 0 aliphatic heterocycles. The number of carbonyl (C=O) groups is 1. The van der Waals surface area contributed by atoms with Crippen LogP contribution in [0.15, 0.2) is 36.7 Å². The number of nitrogen functional groups attached to an aromatic ring is 1. The van der Waals surface area contributed by atoms with Gasteiger partial charge in [0, 0.05) is 12.4 Å². The van der Waals surface area contributed by atoms with Gasteiger partial charge in [-0.05, 0) is 30.2 Å². The Balaban J connectivity index is 2.01. The van der Waals surface area contributed by atoms with Gasteiger partial charge in [-0.15, -0.1) is 0 Å². The summed E-state index contributed by atoms with van der Waals surface area (Å²) in [5.74, 6) is 5.55. The minimum atomic E-state index is -0.186. The Labute approximate surface area is 117 Å². The molecule has 0 fully saturated rings. The summed E-state index contributed by atoms with van der Waals surface area (Å²) in [4.78, 5) is 20.3. The lowest BCUT2D eigenvalue weighted by atomic mass is 10.1. The first-order chi connectivity index (χ1) is 9.74. The number of nitrogens with two attached hydrogens (primary N) is 1. The Morgan fingerprint density at radius 1 is 1.30 bits per heavy atom. The molecule has 0 aromatic carbocycles. The highest BCUT2D eigenvalue weighted by Crippen LogP contribution is 2.07. The van der Waals surface area contributed by atoms with E-state index in [2.05, 4.69) is 27.6 Å². The molecule has 0 bridgehead atoms. The van der Waals surface area contributed by atoms with Crippen molar-refractivity contribution in [2.45, 2.75) is 19.9 Å². The minimum absolute atomic E-state index is 0.186. The van der Waals surface area contributed by atoms with Gasteiger partial charge in [0.1, 0.15) is 5.82 Å². The van der Waals surface area contributed by atoms with E-state index in [9.17, 15) is 4.79 Å². The van der Waals surface area contributed by atoms with E-state index in [0.717, 1.165) is 17.7 Å². The van der Waals surface area contributed by atoms with E-state index in [-0.39, 0.29) is 5.91 Å². The molecule has 104 valence electrons. The average Bonchev–Trinajstić information content (AvgIpc) is 2.53. The second kappa shape index (κ2) is 6.63. The fraction of sp³-hybridized carbons (Fsp3) is 0.214. The summed E-state index contributed by atoms with van der Waals surface area (Å²) < 4.78 is 0. The van der Waals surface area contributed by atoms with Crippen LogP contribution < -0.4 is 16.6 Å². The maximum Gasteiger partial charge on any atom is 0.253 e. The van der Waals surface area contributed by atoms with Gasteiger partial charge in [0.05, 0.1) is 17.8 Å². The smallest absolute Gasteiger partial charge is 0.253 e. The summed E-state index contributed by atoms with van der Waals surface area (Å²) in [5, 5.41) is 2.83. The van der Waals surface area contributed by atoms with Crippen molar-refractivity contribution in [3.8, 4) is 0 Å². The van der Waals surface area contributed by atoms with E-state index >= 15 is 0 Å². The molecular weight excluding hydrogens is 254 g/mol. The summed E-state index contributed by atoms with van der Waals surface area (Å²) in [6, 6.07) is 7.22. The second-order valence-electron chi connectivity index (χ2n) is 4.22. The minimum Gasteiger partial charge on any atom is -0.346 e. The molecule has 0 unspecified atom stereocenters.